The van der Waals surface area contributed by atoms with Crippen molar-refractivity contribution in [2.45, 2.75) is 31.5 Å². The summed E-state index contributed by atoms with van der Waals surface area (Å²) >= 11 is 0. The van der Waals surface area contributed by atoms with Gasteiger partial charge in [-0.1, -0.05) is 0 Å². The van der Waals surface area contributed by atoms with Gasteiger partial charge in [0.05, 0.1) is 13.2 Å². The normalized spacial score (nSPS) is 33.2. The molecule has 2 N–H and O–H groups in total. The summed E-state index contributed by atoms with van der Waals surface area (Å²) < 4.78 is 11.2. The van der Waals surface area contributed by atoms with Gasteiger partial charge in [-0.15, -0.1) is 0 Å². The lowest BCUT2D eigenvalue weighted by Gasteiger charge is -2.21. The Morgan fingerprint density at radius 3 is 2.75 bits per heavy atom. The van der Waals surface area contributed by atoms with Crippen molar-refractivity contribution in [3.05, 3.63) is 0 Å². The highest BCUT2D eigenvalue weighted by Crippen LogP contribution is 2.41. The van der Waals surface area contributed by atoms with E-state index in [2.05, 4.69) is 0 Å². The molecule has 3 heteroatoms. The van der Waals surface area contributed by atoms with Crippen LogP contribution >= 0.6 is 0 Å². The van der Waals surface area contributed by atoms with E-state index in [0.717, 1.165) is 44.9 Å². The zero-order valence-electron chi connectivity index (χ0n) is 7.42. The molecule has 70 valence electrons. The van der Waals surface area contributed by atoms with Crippen molar-refractivity contribution in [2.24, 2.45) is 11.7 Å². The van der Waals surface area contributed by atoms with E-state index in [1.165, 1.54) is 6.42 Å². The van der Waals surface area contributed by atoms with E-state index in [9.17, 15) is 0 Å². The van der Waals surface area contributed by atoms with Gasteiger partial charge in [-0.2, -0.15) is 0 Å². The molecule has 1 aliphatic heterocycles. The molecular weight excluding hydrogens is 154 g/mol. The molecule has 0 aromatic heterocycles. The minimum atomic E-state index is -0.195. The van der Waals surface area contributed by atoms with E-state index in [4.69, 9.17) is 15.2 Å². The summed E-state index contributed by atoms with van der Waals surface area (Å²) in [5, 5.41) is 0. The van der Waals surface area contributed by atoms with Crippen LogP contribution in [0.3, 0.4) is 0 Å². The minimum Gasteiger partial charge on any atom is -0.348 e. The molecule has 1 saturated heterocycles. The van der Waals surface area contributed by atoms with E-state index in [0.29, 0.717) is 0 Å². The highest BCUT2D eigenvalue weighted by atomic mass is 16.7. The van der Waals surface area contributed by atoms with Gasteiger partial charge in [-0.05, 0) is 25.3 Å². The number of ether oxygens (including phenoxy) is 2. The predicted octanol–water partition coefficient (Wildman–Crippen LogP) is 0.878. The fourth-order valence-corrected chi connectivity index (χ4v) is 2.31. The second kappa shape index (κ2) is 3.32. The smallest absolute Gasteiger partial charge is 0.168 e. The molecule has 1 heterocycles. The van der Waals surface area contributed by atoms with Crippen molar-refractivity contribution < 1.29 is 9.47 Å². The van der Waals surface area contributed by atoms with Crippen LogP contribution in [0.1, 0.15) is 25.7 Å². The van der Waals surface area contributed by atoms with E-state index < -0.39 is 0 Å². The zero-order valence-corrected chi connectivity index (χ0v) is 7.42. The molecule has 0 unspecified atom stereocenters. The largest absolute Gasteiger partial charge is 0.348 e. The van der Waals surface area contributed by atoms with Crippen LogP contribution in [0.25, 0.3) is 0 Å². The topological polar surface area (TPSA) is 44.5 Å². The molecule has 3 nitrogen and oxygen atoms in total. The molecule has 12 heavy (non-hydrogen) atoms. The van der Waals surface area contributed by atoms with Gasteiger partial charge in [-0.25, -0.2) is 0 Å². The molecule has 1 atom stereocenters. The summed E-state index contributed by atoms with van der Waals surface area (Å²) in [6, 6.07) is 0. The Bertz CT molecular complexity index is 155. The van der Waals surface area contributed by atoms with Crippen LogP contribution in [-0.2, 0) is 9.47 Å². The molecule has 2 fully saturated rings. The van der Waals surface area contributed by atoms with Crippen LogP contribution in [0.15, 0.2) is 0 Å². The highest BCUT2D eigenvalue weighted by Gasteiger charge is 2.43. The Hall–Kier alpha value is -0.120. The molecule has 0 bridgehead atoms. The van der Waals surface area contributed by atoms with Gasteiger partial charge in [0.1, 0.15) is 0 Å². The number of rotatable bonds is 2. The second-order valence-corrected chi connectivity index (χ2v) is 3.79. The first-order chi connectivity index (χ1) is 5.85. The van der Waals surface area contributed by atoms with Crippen LogP contribution in [0.5, 0.6) is 0 Å². The fraction of sp³-hybridized carbons (Fsp3) is 1.00. The monoisotopic (exact) mass is 171 g/mol. The van der Waals surface area contributed by atoms with Gasteiger partial charge in [-0.3, -0.25) is 0 Å². The third kappa shape index (κ3) is 1.49. The number of nitrogens with two attached hydrogens (primary N) is 1. The van der Waals surface area contributed by atoms with Gasteiger partial charge < -0.3 is 15.2 Å². The maximum atomic E-state index is 5.61. The summed E-state index contributed by atoms with van der Waals surface area (Å²) in [6.07, 6.45) is 4.47. The summed E-state index contributed by atoms with van der Waals surface area (Å²) in [5.74, 6) is 0.535. The van der Waals surface area contributed by atoms with E-state index >= 15 is 0 Å². The molecule has 1 spiro atoms. The zero-order chi connectivity index (χ0) is 8.44. The predicted molar refractivity (Wildman–Crippen MR) is 45.6 cm³/mol. The van der Waals surface area contributed by atoms with Crippen LogP contribution in [-0.4, -0.2) is 25.5 Å². The first kappa shape index (κ1) is 8.48. The minimum absolute atomic E-state index is 0.195. The van der Waals surface area contributed by atoms with Crippen LogP contribution in [0.2, 0.25) is 0 Å². The number of hydrogen-bond donors (Lipinski definition) is 1. The standard InChI is InChI=1S/C9H17NO2/c10-4-2-8-1-3-9(7-8)11-5-6-12-9/h8H,1-7,10H2/t8-/m0/s1. The first-order valence-electron chi connectivity index (χ1n) is 4.83. The maximum absolute atomic E-state index is 5.61. The van der Waals surface area contributed by atoms with Crippen molar-refractivity contribution in [1.82, 2.24) is 0 Å². The summed E-state index contributed by atoms with van der Waals surface area (Å²) in [4.78, 5) is 0. The van der Waals surface area contributed by atoms with Crippen molar-refractivity contribution >= 4 is 0 Å². The average molecular weight is 171 g/mol. The first-order valence-corrected chi connectivity index (χ1v) is 4.83. The maximum Gasteiger partial charge on any atom is 0.168 e. The average Bonchev–Trinajstić information content (AvgIpc) is 2.65. The van der Waals surface area contributed by atoms with Crippen molar-refractivity contribution in [3.8, 4) is 0 Å². The summed E-state index contributed by atoms with van der Waals surface area (Å²) in [7, 11) is 0. The van der Waals surface area contributed by atoms with Crippen LogP contribution in [0, 0.1) is 5.92 Å². The lowest BCUT2D eigenvalue weighted by Crippen LogP contribution is -2.26. The van der Waals surface area contributed by atoms with E-state index in [1.54, 1.807) is 0 Å². The third-order valence-corrected chi connectivity index (χ3v) is 2.92. The van der Waals surface area contributed by atoms with Gasteiger partial charge in [0.15, 0.2) is 5.79 Å². The Labute approximate surface area is 73.2 Å². The molecule has 0 amide bonds. The summed E-state index contributed by atoms with van der Waals surface area (Å²) in [6.45, 7) is 2.34. The third-order valence-electron chi connectivity index (χ3n) is 2.92. The van der Waals surface area contributed by atoms with Gasteiger partial charge in [0, 0.05) is 12.8 Å². The Morgan fingerprint density at radius 1 is 1.33 bits per heavy atom. The highest BCUT2D eigenvalue weighted by molar-refractivity contribution is 4.85. The number of hydrogen-bond acceptors (Lipinski definition) is 3. The Balaban J connectivity index is 1.88. The molecule has 2 rings (SSSR count). The molecule has 1 saturated carbocycles. The van der Waals surface area contributed by atoms with Crippen LogP contribution < -0.4 is 5.73 Å². The van der Waals surface area contributed by atoms with Gasteiger partial charge in [0.25, 0.3) is 0 Å². The quantitative estimate of drug-likeness (QED) is 0.670. The molecular formula is C9H17NO2. The second-order valence-electron chi connectivity index (χ2n) is 3.79. The van der Waals surface area contributed by atoms with Crippen molar-refractivity contribution in [2.75, 3.05) is 19.8 Å². The molecule has 0 radical (unpaired) electrons. The van der Waals surface area contributed by atoms with E-state index in [-0.39, 0.29) is 5.79 Å². The SMILES string of the molecule is NCC[C@@H]1CCC2(C1)OCCO2. The fourth-order valence-electron chi connectivity index (χ4n) is 2.31. The lowest BCUT2D eigenvalue weighted by molar-refractivity contribution is -0.152. The van der Waals surface area contributed by atoms with Crippen LogP contribution in [0.4, 0.5) is 0 Å². The van der Waals surface area contributed by atoms with Crippen molar-refractivity contribution in [1.29, 1.82) is 0 Å². The summed E-state index contributed by atoms with van der Waals surface area (Å²) in [5.41, 5.74) is 5.51. The molecule has 0 aromatic rings. The Morgan fingerprint density at radius 2 is 2.08 bits per heavy atom. The van der Waals surface area contributed by atoms with E-state index in [1.807, 2.05) is 0 Å². The Kier molecular flexibility index (Phi) is 2.35. The van der Waals surface area contributed by atoms with Gasteiger partial charge in [0.2, 0.25) is 0 Å². The van der Waals surface area contributed by atoms with Crippen molar-refractivity contribution in [3.63, 3.8) is 0 Å². The molecule has 2 aliphatic rings. The van der Waals surface area contributed by atoms with Gasteiger partial charge >= 0.3 is 0 Å². The molecule has 0 aromatic carbocycles. The lowest BCUT2D eigenvalue weighted by atomic mass is 10.0. The molecule has 1 aliphatic carbocycles.